The van der Waals surface area contributed by atoms with E-state index in [0.717, 1.165) is 0 Å². The van der Waals surface area contributed by atoms with Crippen molar-refractivity contribution in [1.29, 1.82) is 0 Å². The van der Waals surface area contributed by atoms with Gasteiger partial charge in [-0.15, -0.1) is 0 Å². The summed E-state index contributed by atoms with van der Waals surface area (Å²) in [6.45, 7) is 0. The maximum Gasteiger partial charge on any atom is 0.307 e. The molecule has 0 radical (unpaired) electrons. The smallest absolute Gasteiger partial charge is 0.307 e. The number of methoxy groups -OCH3 is 1. The van der Waals surface area contributed by atoms with Gasteiger partial charge in [-0.05, 0) is 29.8 Å². The molecule has 4 nitrogen and oxygen atoms in total. The molecule has 0 aliphatic heterocycles. The topological polar surface area (TPSA) is 62.3 Å². The molecule has 0 aliphatic carbocycles. The molecule has 0 saturated heterocycles. The first-order chi connectivity index (χ1) is 11.0. The van der Waals surface area contributed by atoms with E-state index in [1.165, 1.54) is 25.3 Å². The Labute approximate surface area is 136 Å². The summed E-state index contributed by atoms with van der Waals surface area (Å²) in [4.78, 5) is 14.4. The molecule has 0 saturated carbocycles. The number of carboxylic acids is 1. The van der Waals surface area contributed by atoms with Crippen molar-refractivity contribution in [2.45, 2.75) is 6.42 Å². The Morgan fingerprint density at radius 1 is 1.35 bits per heavy atom. The summed E-state index contributed by atoms with van der Waals surface area (Å²) in [7, 11) is 1.48. The molecule has 0 atom stereocenters. The molecule has 0 bridgehead atoms. The van der Waals surface area contributed by atoms with Crippen molar-refractivity contribution in [3.63, 3.8) is 0 Å². The van der Waals surface area contributed by atoms with Crippen molar-refractivity contribution in [2.24, 2.45) is 0 Å². The van der Waals surface area contributed by atoms with E-state index in [1.807, 2.05) is 0 Å². The number of halogens is 2. The predicted molar refractivity (Wildman–Crippen MR) is 86.6 cm³/mol. The fourth-order valence-electron chi connectivity index (χ4n) is 2.68. The molecule has 6 heteroatoms. The van der Waals surface area contributed by atoms with Gasteiger partial charge in [0, 0.05) is 10.9 Å². The highest BCUT2D eigenvalue weighted by molar-refractivity contribution is 6.35. The van der Waals surface area contributed by atoms with Crippen LogP contribution < -0.4 is 4.74 Å². The van der Waals surface area contributed by atoms with Gasteiger partial charge in [0.2, 0.25) is 0 Å². The molecule has 3 aromatic rings. The molecule has 3 rings (SSSR count). The van der Waals surface area contributed by atoms with Crippen LogP contribution in [0.5, 0.6) is 5.75 Å². The van der Waals surface area contributed by atoms with Gasteiger partial charge in [0.1, 0.15) is 11.6 Å². The Kier molecular flexibility index (Phi) is 3.96. The number of aliphatic carboxylic acids is 1. The van der Waals surface area contributed by atoms with E-state index >= 15 is 0 Å². The van der Waals surface area contributed by atoms with E-state index in [2.05, 4.69) is 4.98 Å². The summed E-state index contributed by atoms with van der Waals surface area (Å²) < 4.78 is 19.0. The Balaban J connectivity index is 2.34. The van der Waals surface area contributed by atoms with E-state index in [9.17, 15) is 14.3 Å². The van der Waals surface area contributed by atoms with Crippen LogP contribution in [-0.2, 0) is 11.2 Å². The van der Waals surface area contributed by atoms with E-state index in [1.54, 1.807) is 18.2 Å². The van der Waals surface area contributed by atoms with Crippen LogP contribution in [0.2, 0.25) is 5.02 Å². The number of hydrogen-bond acceptors (Lipinski definition) is 2. The number of carboxylic acid groups (broad SMARTS) is 1. The third kappa shape index (κ3) is 2.75. The van der Waals surface area contributed by atoms with Crippen LogP contribution in [0.4, 0.5) is 4.39 Å². The van der Waals surface area contributed by atoms with E-state index in [0.29, 0.717) is 38.5 Å². The van der Waals surface area contributed by atoms with Gasteiger partial charge in [0.25, 0.3) is 0 Å². The van der Waals surface area contributed by atoms with Crippen molar-refractivity contribution in [3.8, 4) is 17.0 Å². The lowest BCUT2D eigenvalue weighted by Crippen LogP contribution is -2.01. The monoisotopic (exact) mass is 333 g/mol. The first-order valence-corrected chi connectivity index (χ1v) is 7.24. The summed E-state index contributed by atoms with van der Waals surface area (Å²) >= 11 is 6.19. The standard InChI is InChI=1S/C17H13ClFNO3/c1-23-14-6-5-9(19)7-12(14)16-11(8-15(21)22)10-3-2-4-13(18)17(10)20-16/h2-7,20H,8H2,1H3,(H,21,22). The van der Waals surface area contributed by atoms with Crippen molar-refractivity contribution in [3.05, 3.63) is 52.8 Å². The third-order valence-electron chi connectivity index (χ3n) is 3.65. The van der Waals surface area contributed by atoms with Gasteiger partial charge < -0.3 is 14.8 Å². The summed E-state index contributed by atoms with van der Waals surface area (Å²) in [6.07, 6.45) is -0.213. The van der Waals surface area contributed by atoms with Gasteiger partial charge in [-0.3, -0.25) is 4.79 Å². The normalized spacial score (nSPS) is 10.9. The molecule has 0 unspecified atom stereocenters. The van der Waals surface area contributed by atoms with Crippen molar-refractivity contribution in [2.75, 3.05) is 7.11 Å². The molecule has 118 valence electrons. The Bertz CT molecular complexity index is 904. The number of nitrogens with one attached hydrogen (secondary N) is 1. The van der Waals surface area contributed by atoms with Crippen LogP contribution in [0.15, 0.2) is 36.4 Å². The molecular weight excluding hydrogens is 321 g/mol. The van der Waals surface area contributed by atoms with E-state index in [4.69, 9.17) is 16.3 Å². The van der Waals surface area contributed by atoms with Crippen molar-refractivity contribution < 1.29 is 19.0 Å². The molecule has 2 N–H and O–H groups in total. The maximum atomic E-state index is 13.7. The van der Waals surface area contributed by atoms with Gasteiger partial charge in [0.15, 0.2) is 0 Å². The zero-order valence-electron chi connectivity index (χ0n) is 12.2. The number of hydrogen-bond donors (Lipinski definition) is 2. The average Bonchev–Trinajstić information content (AvgIpc) is 2.87. The van der Waals surface area contributed by atoms with Gasteiger partial charge >= 0.3 is 5.97 Å². The quantitative estimate of drug-likeness (QED) is 0.749. The lowest BCUT2D eigenvalue weighted by atomic mass is 10.0. The van der Waals surface area contributed by atoms with Crippen LogP contribution in [0.3, 0.4) is 0 Å². The lowest BCUT2D eigenvalue weighted by molar-refractivity contribution is -0.136. The fourth-order valence-corrected chi connectivity index (χ4v) is 2.90. The second-order valence-corrected chi connectivity index (χ2v) is 5.46. The summed E-state index contributed by atoms with van der Waals surface area (Å²) in [5.41, 5.74) is 2.11. The molecule has 1 aromatic heterocycles. The molecule has 0 fully saturated rings. The number of carbonyl (C=O) groups is 1. The Hall–Kier alpha value is -2.53. The minimum absolute atomic E-state index is 0.213. The molecule has 1 heterocycles. The molecule has 0 spiro atoms. The highest BCUT2D eigenvalue weighted by atomic mass is 35.5. The van der Waals surface area contributed by atoms with Gasteiger partial charge in [0.05, 0.1) is 29.8 Å². The largest absolute Gasteiger partial charge is 0.496 e. The zero-order chi connectivity index (χ0) is 16.6. The zero-order valence-corrected chi connectivity index (χ0v) is 12.9. The minimum atomic E-state index is -0.984. The predicted octanol–water partition coefficient (Wildman–Crippen LogP) is 4.26. The highest BCUT2D eigenvalue weighted by Crippen LogP contribution is 2.38. The molecule has 0 amide bonds. The third-order valence-corrected chi connectivity index (χ3v) is 3.96. The van der Waals surface area contributed by atoms with E-state index in [-0.39, 0.29) is 6.42 Å². The van der Waals surface area contributed by atoms with Gasteiger partial charge in [-0.25, -0.2) is 4.39 Å². The van der Waals surface area contributed by atoms with Gasteiger partial charge in [-0.1, -0.05) is 23.7 Å². The SMILES string of the molecule is COc1ccc(F)cc1-c1[nH]c2c(Cl)cccc2c1CC(=O)O. The average molecular weight is 334 g/mol. The minimum Gasteiger partial charge on any atom is -0.496 e. The van der Waals surface area contributed by atoms with Crippen molar-refractivity contribution >= 4 is 28.5 Å². The number of aromatic nitrogens is 1. The molecular formula is C17H13ClFNO3. The molecule has 0 aliphatic rings. The van der Waals surface area contributed by atoms with Crippen LogP contribution in [0, 0.1) is 5.82 Å². The lowest BCUT2D eigenvalue weighted by Gasteiger charge is -2.09. The number of fused-ring (bicyclic) bond motifs is 1. The first kappa shape index (κ1) is 15.4. The van der Waals surface area contributed by atoms with Crippen molar-refractivity contribution in [1.82, 2.24) is 4.98 Å². The van der Waals surface area contributed by atoms with Crippen LogP contribution in [0.1, 0.15) is 5.56 Å². The number of rotatable bonds is 4. The van der Waals surface area contributed by atoms with Crippen LogP contribution in [-0.4, -0.2) is 23.2 Å². The second-order valence-electron chi connectivity index (χ2n) is 5.06. The number of aromatic amines is 1. The Morgan fingerprint density at radius 2 is 2.13 bits per heavy atom. The summed E-state index contributed by atoms with van der Waals surface area (Å²) in [5.74, 6) is -0.977. The summed E-state index contributed by atoms with van der Waals surface area (Å²) in [6, 6.07) is 9.33. The second kappa shape index (κ2) is 5.93. The molecule has 23 heavy (non-hydrogen) atoms. The maximum absolute atomic E-state index is 13.7. The van der Waals surface area contributed by atoms with Crippen LogP contribution in [0.25, 0.3) is 22.2 Å². The number of H-pyrrole nitrogens is 1. The number of ether oxygens (including phenoxy) is 1. The first-order valence-electron chi connectivity index (χ1n) is 6.86. The van der Waals surface area contributed by atoms with E-state index < -0.39 is 11.8 Å². The fraction of sp³-hybridized carbons (Fsp3) is 0.118. The highest BCUT2D eigenvalue weighted by Gasteiger charge is 2.20. The van der Waals surface area contributed by atoms with Gasteiger partial charge in [-0.2, -0.15) is 0 Å². The number of benzene rings is 2. The summed E-state index contributed by atoms with van der Waals surface area (Å²) in [5, 5.41) is 10.4. The Morgan fingerprint density at radius 3 is 2.83 bits per heavy atom. The number of para-hydroxylation sites is 1. The van der Waals surface area contributed by atoms with Crippen LogP contribution >= 0.6 is 11.6 Å². The molecule has 2 aromatic carbocycles.